The molecule has 21 heavy (non-hydrogen) atoms. The highest BCUT2D eigenvalue weighted by Crippen LogP contribution is 2.10. The van der Waals surface area contributed by atoms with Crippen molar-refractivity contribution in [2.24, 2.45) is 5.92 Å². The number of carboxylic acids is 1. The Bertz CT molecular complexity index is 523. The van der Waals surface area contributed by atoms with Crippen LogP contribution in [0.1, 0.15) is 37.6 Å². The molecule has 0 aliphatic heterocycles. The Balaban J connectivity index is 2.63. The van der Waals surface area contributed by atoms with Gasteiger partial charge < -0.3 is 15.7 Å². The van der Waals surface area contributed by atoms with Crippen LogP contribution in [0.25, 0.3) is 0 Å². The monoisotopic (exact) mass is 292 g/mol. The second-order valence-corrected chi connectivity index (χ2v) is 5.25. The van der Waals surface area contributed by atoms with Crippen molar-refractivity contribution in [3.05, 3.63) is 29.8 Å². The van der Waals surface area contributed by atoms with Crippen LogP contribution in [0.5, 0.6) is 0 Å². The van der Waals surface area contributed by atoms with Crippen LogP contribution in [0.15, 0.2) is 24.3 Å². The zero-order valence-corrected chi connectivity index (χ0v) is 12.3. The Kier molecular flexibility index (Phi) is 5.90. The van der Waals surface area contributed by atoms with Gasteiger partial charge in [0.2, 0.25) is 0 Å². The van der Waals surface area contributed by atoms with Crippen molar-refractivity contribution >= 4 is 23.5 Å². The van der Waals surface area contributed by atoms with E-state index in [1.165, 1.54) is 6.92 Å². The summed E-state index contributed by atoms with van der Waals surface area (Å²) in [6.45, 7) is 5.23. The van der Waals surface area contributed by atoms with Crippen LogP contribution in [-0.4, -0.2) is 28.9 Å². The molecule has 0 spiro atoms. The number of Topliss-reactive ketones (excluding diaryl/α,β-unsaturated/α-hetero) is 1. The molecule has 0 heterocycles. The van der Waals surface area contributed by atoms with Crippen molar-refractivity contribution in [1.82, 2.24) is 5.32 Å². The molecule has 0 aliphatic rings. The Labute approximate surface area is 123 Å². The van der Waals surface area contributed by atoms with E-state index in [0.717, 1.165) is 0 Å². The van der Waals surface area contributed by atoms with Crippen molar-refractivity contribution in [2.45, 2.75) is 33.2 Å². The second-order valence-electron chi connectivity index (χ2n) is 5.25. The van der Waals surface area contributed by atoms with Gasteiger partial charge in [0.05, 0.1) is 0 Å². The Morgan fingerprint density at radius 2 is 1.71 bits per heavy atom. The van der Waals surface area contributed by atoms with Gasteiger partial charge in [-0.1, -0.05) is 13.8 Å². The first kappa shape index (κ1) is 16.7. The van der Waals surface area contributed by atoms with E-state index in [1.54, 1.807) is 24.3 Å². The third kappa shape index (κ3) is 5.64. The molecule has 3 N–H and O–H groups in total. The topological polar surface area (TPSA) is 95.5 Å². The van der Waals surface area contributed by atoms with Gasteiger partial charge in [-0.05, 0) is 43.5 Å². The van der Waals surface area contributed by atoms with E-state index in [1.807, 2.05) is 13.8 Å². The van der Waals surface area contributed by atoms with Gasteiger partial charge in [0.15, 0.2) is 5.78 Å². The number of nitrogens with one attached hydrogen (secondary N) is 2. The van der Waals surface area contributed by atoms with Gasteiger partial charge in [0.1, 0.15) is 6.04 Å². The molecule has 0 bridgehead atoms. The van der Waals surface area contributed by atoms with Crippen molar-refractivity contribution in [2.75, 3.05) is 5.32 Å². The number of anilines is 1. The molecule has 6 nitrogen and oxygen atoms in total. The quantitative estimate of drug-likeness (QED) is 0.702. The normalized spacial score (nSPS) is 11.8. The van der Waals surface area contributed by atoms with Gasteiger partial charge in [0, 0.05) is 11.3 Å². The average Bonchev–Trinajstić information content (AvgIpc) is 2.37. The standard InChI is InChI=1S/C15H20N2O4/c1-9(2)8-13(14(19)20)17-15(21)16-12-6-4-11(5-7-12)10(3)18/h4-7,9,13H,8H2,1-3H3,(H,19,20)(H2,16,17,21)/t13-/m1/s1. The number of carboxylic acid groups (broad SMARTS) is 1. The largest absolute Gasteiger partial charge is 0.480 e. The van der Waals surface area contributed by atoms with Crippen molar-refractivity contribution in [1.29, 1.82) is 0 Å². The van der Waals surface area contributed by atoms with Crippen LogP contribution in [0.3, 0.4) is 0 Å². The van der Waals surface area contributed by atoms with Crippen molar-refractivity contribution in [3.63, 3.8) is 0 Å². The van der Waals surface area contributed by atoms with Gasteiger partial charge in [-0.3, -0.25) is 4.79 Å². The highest BCUT2D eigenvalue weighted by molar-refractivity contribution is 5.96. The van der Waals surface area contributed by atoms with Gasteiger partial charge in [0.25, 0.3) is 0 Å². The fourth-order valence-electron chi connectivity index (χ4n) is 1.81. The maximum Gasteiger partial charge on any atom is 0.326 e. The Morgan fingerprint density at radius 1 is 1.14 bits per heavy atom. The van der Waals surface area contributed by atoms with E-state index < -0.39 is 18.0 Å². The summed E-state index contributed by atoms with van der Waals surface area (Å²) >= 11 is 0. The molecule has 0 aliphatic carbocycles. The lowest BCUT2D eigenvalue weighted by atomic mass is 10.0. The summed E-state index contributed by atoms with van der Waals surface area (Å²) in [5, 5.41) is 14.0. The summed E-state index contributed by atoms with van der Waals surface area (Å²) in [4.78, 5) is 34.0. The number of urea groups is 1. The van der Waals surface area contributed by atoms with Crippen molar-refractivity contribution in [3.8, 4) is 0 Å². The first-order valence-corrected chi connectivity index (χ1v) is 6.71. The second kappa shape index (κ2) is 7.42. The molecule has 6 heteroatoms. The minimum Gasteiger partial charge on any atom is -0.480 e. The van der Waals surface area contributed by atoms with Gasteiger partial charge >= 0.3 is 12.0 Å². The summed E-state index contributed by atoms with van der Waals surface area (Å²) in [7, 11) is 0. The van der Waals surface area contributed by atoms with Gasteiger partial charge in [-0.25, -0.2) is 9.59 Å². The SMILES string of the molecule is CC(=O)c1ccc(NC(=O)N[C@H](CC(C)C)C(=O)O)cc1. The molecule has 0 saturated carbocycles. The maximum absolute atomic E-state index is 11.8. The fraction of sp³-hybridized carbons (Fsp3) is 0.400. The van der Waals surface area contributed by atoms with Crippen LogP contribution in [0, 0.1) is 5.92 Å². The lowest BCUT2D eigenvalue weighted by molar-refractivity contribution is -0.139. The zero-order valence-electron chi connectivity index (χ0n) is 12.3. The number of ketones is 1. The fourth-order valence-corrected chi connectivity index (χ4v) is 1.81. The van der Waals surface area contributed by atoms with E-state index in [-0.39, 0.29) is 11.7 Å². The van der Waals surface area contributed by atoms with Crippen LogP contribution in [0.2, 0.25) is 0 Å². The molecule has 1 aromatic carbocycles. The molecule has 0 unspecified atom stereocenters. The average molecular weight is 292 g/mol. The maximum atomic E-state index is 11.8. The Morgan fingerprint density at radius 3 is 2.14 bits per heavy atom. The van der Waals surface area contributed by atoms with Gasteiger partial charge in [-0.15, -0.1) is 0 Å². The third-order valence-electron chi connectivity index (χ3n) is 2.86. The molecule has 2 amide bonds. The predicted octanol–water partition coefficient (Wildman–Crippen LogP) is 2.51. The Hall–Kier alpha value is -2.37. The van der Waals surface area contributed by atoms with Crippen LogP contribution < -0.4 is 10.6 Å². The molecule has 1 atom stereocenters. The molecule has 0 radical (unpaired) electrons. The lowest BCUT2D eigenvalue weighted by Gasteiger charge is -2.17. The molecule has 1 rings (SSSR count). The first-order chi connectivity index (χ1) is 9.79. The summed E-state index contributed by atoms with van der Waals surface area (Å²) < 4.78 is 0. The van der Waals surface area contributed by atoms with E-state index >= 15 is 0 Å². The van der Waals surface area contributed by atoms with Crippen molar-refractivity contribution < 1.29 is 19.5 Å². The number of aliphatic carboxylic acids is 1. The summed E-state index contributed by atoms with van der Waals surface area (Å²) in [5.41, 5.74) is 1.04. The van der Waals surface area contributed by atoms with E-state index in [9.17, 15) is 14.4 Å². The number of carbonyl (C=O) groups excluding carboxylic acids is 2. The molecule has 0 saturated heterocycles. The van der Waals surface area contributed by atoms with Crippen LogP contribution in [-0.2, 0) is 4.79 Å². The highest BCUT2D eigenvalue weighted by Gasteiger charge is 2.20. The van der Waals surface area contributed by atoms with E-state index in [0.29, 0.717) is 17.7 Å². The smallest absolute Gasteiger partial charge is 0.326 e. The molecular weight excluding hydrogens is 272 g/mol. The predicted molar refractivity (Wildman–Crippen MR) is 79.5 cm³/mol. The molecular formula is C15H20N2O4. The number of benzene rings is 1. The number of amides is 2. The van der Waals surface area contributed by atoms with Gasteiger partial charge in [-0.2, -0.15) is 0 Å². The number of hydrogen-bond donors (Lipinski definition) is 3. The van der Waals surface area contributed by atoms with E-state index in [2.05, 4.69) is 10.6 Å². The number of hydrogen-bond acceptors (Lipinski definition) is 3. The summed E-state index contributed by atoms with van der Waals surface area (Å²) in [6.07, 6.45) is 0.353. The molecule has 0 aromatic heterocycles. The molecule has 114 valence electrons. The number of carbonyl (C=O) groups is 3. The highest BCUT2D eigenvalue weighted by atomic mass is 16.4. The molecule has 0 fully saturated rings. The molecule has 1 aromatic rings. The zero-order chi connectivity index (χ0) is 16.0. The first-order valence-electron chi connectivity index (χ1n) is 6.71. The number of rotatable bonds is 6. The minimum absolute atomic E-state index is 0.0612. The summed E-state index contributed by atoms with van der Waals surface area (Å²) in [5.74, 6) is -0.971. The van der Waals surface area contributed by atoms with Crippen LogP contribution >= 0.6 is 0 Å². The minimum atomic E-state index is -1.06. The lowest BCUT2D eigenvalue weighted by Crippen LogP contribution is -2.43. The van der Waals surface area contributed by atoms with Crippen LogP contribution in [0.4, 0.5) is 10.5 Å². The third-order valence-corrected chi connectivity index (χ3v) is 2.86. The van der Waals surface area contributed by atoms with E-state index in [4.69, 9.17) is 5.11 Å². The summed E-state index contributed by atoms with van der Waals surface area (Å²) in [6, 6.07) is 4.87.